The van der Waals surface area contributed by atoms with Gasteiger partial charge in [0.15, 0.2) is 11.6 Å². The Morgan fingerprint density at radius 1 is 1.24 bits per heavy atom. The molecule has 0 saturated heterocycles. The number of halogens is 3. The SMILES string of the molecule is Cc1ccc(C(=O)c2sccc2Br)c(F)c1F. The van der Waals surface area contributed by atoms with Crippen LogP contribution in [0.3, 0.4) is 0 Å². The number of carbonyl (C=O) groups is 1. The molecule has 0 aliphatic heterocycles. The largest absolute Gasteiger partial charge is 0.288 e. The third kappa shape index (κ3) is 2.17. The van der Waals surface area contributed by atoms with Crippen LogP contribution in [0.5, 0.6) is 0 Å². The van der Waals surface area contributed by atoms with Gasteiger partial charge in [-0.1, -0.05) is 6.07 Å². The van der Waals surface area contributed by atoms with E-state index in [-0.39, 0.29) is 11.1 Å². The summed E-state index contributed by atoms with van der Waals surface area (Å²) in [5.74, 6) is -2.57. The number of rotatable bonds is 2. The Morgan fingerprint density at radius 2 is 1.94 bits per heavy atom. The molecule has 0 saturated carbocycles. The van der Waals surface area contributed by atoms with Crippen molar-refractivity contribution in [3.05, 3.63) is 55.7 Å². The van der Waals surface area contributed by atoms with Crippen LogP contribution in [-0.4, -0.2) is 5.78 Å². The van der Waals surface area contributed by atoms with Gasteiger partial charge in [-0.25, -0.2) is 8.78 Å². The summed E-state index contributed by atoms with van der Waals surface area (Å²) >= 11 is 4.38. The number of carbonyl (C=O) groups excluding carboxylic acids is 1. The monoisotopic (exact) mass is 316 g/mol. The summed E-state index contributed by atoms with van der Waals surface area (Å²) in [5.41, 5.74) is -0.0551. The maximum atomic E-state index is 13.6. The molecule has 0 unspecified atom stereocenters. The first-order chi connectivity index (χ1) is 8.02. The van der Waals surface area contributed by atoms with Crippen LogP contribution in [0, 0.1) is 18.6 Å². The summed E-state index contributed by atoms with van der Waals surface area (Å²) < 4.78 is 27.6. The van der Waals surface area contributed by atoms with Crippen molar-refractivity contribution in [2.75, 3.05) is 0 Å². The molecule has 0 aliphatic carbocycles. The molecule has 17 heavy (non-hydrogen) atoms. The van der Waals surface area contributed by atoms with Crippen molar-refractivity contribution in [1.82, 2.24) is 0 Å². The van der Waals surface area contributed by atoms with Crippen LogP contribution in [0.25, 0.3) is 0 Å². The molecule has 1 aromatic heterocycles. The van der Waals surface area contributed by atoms with E-state index in [1.807, 2.05) is 0 Å². The van der Waals surface area contributed by atoms with Crippen LogP contribution in [0.2, 0.25) is 0 Å². The fraction of sp³-hybridized carbons (Fsp3) is 0.0833. The highest BCUT2D eigenvalue weighted by Gasteiger charge is 2.20. The van der Waals surface area contributed by atoms with Gasteiger partial charge in [-0.15, -0.1) is 11.3 Å². The average molecular weight is 317 g/mol. The number of aryl methyl sites for hydroxylation is 1. The Hall–Kier alpha value is -1.07. The maximum absolute atomic E-state index is 13.6. The van der Waals surface area contributed by atoms with E-state index in [1.54, 1.807) is 11.4 Å². The summed E-state index contributed by atoms with van der Waals surface area (Å²) in [7, 11) is 0. The van der Waals surface area contributed by atoms with Crippen LogP contribution >= 0.6 is 27.3 Å². The van der Waals surface area contributed by atoms with Crippen molar-refractivity contribution in [3.8, 4) is 0 Å². The first-order valence-electron chi connectivity index (χ1n) is 4.74. The minimum atomic E-state index is -1.09. The van der Waals surface area contributed by atoms with Crippen molar-refractivity contribution >= 4 is 33.0 Å². The zero-order valence-corrected chi connectivity index (χ0v) is 11.2. The van der Waals surface area contributed by atoms with Gasteiger partial charge in [-0.3, -0.25) is 4.79 Å². The number of benzene rings is 1. The highest BCUT2D eigenvalue weighted by molar-refractivity contribution is 9.10. The van der Waals surface area contributed by atoms with E-state index in [1.165, 1.54) is 30.4 Å². The Balaban J connectivity index is 2.53. The minimum Gasteiger partial charge on any atom is -0.288 e. The zero-order valence-electron chi connectivity index (χ0n) is 8.76. The van der Waals surface area contributed by atoms with Crippen molar-refractivity contribution in [3.63, 3.8) is 0 Å². The van der Waals surface area contributed by atoms with Gasteiger partial charge >= 0.3 is 0 Å². The number of ketones is 1. The first kappa shape index (κ1) is 12.4. The lowest BCUT2D eigenvalue weighted by Gasteiger charge is -2.04. The van der Waals surface area contributed by atoms with Crippen LogP contribution in [0.1, 0.15) is 20.8 Å². The smallest absolute Gasteiger partial charge is 0.207 e. The van der Waals surface area contributed by atoms with E-state index in [4.69, 9.17) is 0 Å². The third-order valence-corrected chi connectivity index (χ3v) is 4.18. The lowest BCUT2D eigenvalue weighted by molar-refractivity contribution is 0.103. The van der Waals surface area contributed by atoms with E-state index in [2.05, 4.69) is 15.9 Å². The van der Waals surface area contributed by atoms with Crippen LogP contribution in [-0.2, 0) is 0 Å². The lowest BCUT2D eigenvalue weighted by Crippen LogP contribution is -2.05. The van der Waals surface area contributed by atoms with Gasteiger partial charge in [0.25, 0.3) is 0 Å². The van der Waals surface area contributed by atoms with Crippen LogP contribution in [0.15, 0.2) is 28.1 Å². The van der Waals surface area contributed by atoms with E-state index in [0.29, 0.717) is 9.35 Å². The highest BCUT2D eigenvalue weighted by Crippen LogP contribution is 2.27. The van der Waals surface area contributed by atoms with Gasteiger partial charge in [-0.05, 0) is 45.9 Å². The van der Waals surface area contributed by atoms with E-state index in [0.717, 1.165) is 0 Å². The molecule has 1 heterocycles. The Labute approximate surface area is 109 Å². The number of thiophene rings is 1. The highest BCUT2D eigenvalue weighted by atomic mass is 79.9. The standard InChI is InChI=1S/C12H7BrF2OS/c1-6-2-3-7(10(15)9(6)14)11(16)12-8(13)4-5-17-12/h2-5H,1H3. The molecule has 0 radical (unpaired) electrons. The quantitative estimate of drug-likeness (QED) is 0.754. The van der Waals surface area contributed by atoms with Crippen molar-refractivity contribution < 1.29 is 13.6 Å². The molecular formula is C12H7BrF2OS. The molecule has 0 fully saturated rings. The minimum absolute atomic E-state index is 0.185. The second kappa shape index (κ2) is 4.66. The fourth-order valence-electron chi connectivity index (χ4n) is 1.40. The first-order valence-corrected chi connectivity index (χ1v) is 6.42. The van der Waals surface area contributed by atoms with Gasteiger partial charge in [0.2, 0.25) is 5.78 Å². The predicted octanol–water partition coefficient (Wildman–Crippen LogP) is 4.33. The van der Waals surface area contributed by atoms with Gasteiger partial charge < -0.3 is 0 Å². The number of hydrogen-bond acceptors (Lipinski definition) is 2. The van der Waals surface area contributed by atoms with Crippen LogP contribution < -0.4 is 0 Å². The van der Waals surface area contributed by atoms with Gasteiger partial charge in [0.1, 0.15) is 0 Å². The third-order valence-electron chi connectivity index (χ3n) is 2.34. The Morgan fingerprint density at radius 3 is 2.53 bits per heavy atom. The maximum Gasteiger partial charge on any atom is 0.207 e. The molecule has 88 valence electrons. The van der Waals surface area contributed by atoms with Crippen molar-refractivity contribution in [1.29, 1.82) is 0 Å². The molecule has 0 N–H and O–H groups in total. The molecule has 2 rings (SSSR count). The lowest BCUT2D eigenvalue weighted by atomic mass is 10.1. The number of hydrogen-bond donors (Lipinski definition) is 0. The molecule has 5 heteroatoms. The topological polar surface area (TPSA) is 17.1 Å². The molecule has 0 bridgehead atoms. The van der Waals surface area contributed by atoms with Crippen LogP contribution in [0.4, 0.5) is 8.78 Å². The van der Waals surface area contributed by atoms with Gasteiger partial charge in [0, 0.05) is 4.47 Å². The van der Waals surface area contributed by atoms with Gasteiger partial charge in [0.05, 0.1) is 10.4 Å². The zero-order chi connectivity index (χ0) is 12.6. The molecule has 0 atom stereocenters. The second-order valence-corrected chi connectivity index (χ2v) is 5.26. The fourth-order valence-corrected chi connectivity index (χ4v) is 2.90. The predicted molar refractivity (Wildman–Crippen MR) is 66.5 cm³/mol. The molecule has 1 nitrogen and oxygen atoms in total. The average Bonchev–Trinajstić information content (AvgIpc) is 2.72. The van der Waals surface area contributed by atoms with Gasteiger partial charge in [-0.2, -0.15) is 0 Å². The normalized spacial score (nSPS) is 10.6. The van der Waals surface area contributed by atoms with E-state index in [9.17, 15) is 13.6 Å². The Bertz CT molecular complexity index is 592. The summed E-state index contributed by atoms with van der Waals surface area (Å²) in [4.78, 5) is 12.4. The molecular weight excluding hydrogens is 310 g/mol. The molecule has 0 amide bonds. The molecule has 0 aliphatic rings. The van der Waals surface area contributed by atoms with Crippen molar-refractivity contribution in [2.45, 2.75) is 6.92 Å². The second-order valence-electron chi connectivity index (χ2n) is 3.48. The van der Waals surface area contributed by atoms with E-state index < -0.39 is 17.4 Å². The summed E-state index contributed by atoms with van der Waals surface area (Å²) in [6.45, 7) is 1.45. The molecule has 1 aromatic carbocycles. The summed E-state index contributed by atoms with van der Waals surface area (Å²) in [6.07, 6.45) is 0. The van der Waals surface area contributed by atoms with E-state index >= 15 is 0 Å². The summed E-state index contributed by atoms with van der Waals surface area (Å²) in [6, 6.07) is 4.40. The molecule has 0 spiro atoms. The summed E-state index contributed by atoms with van der Waals surface area (Å²) in [5, 5.41) is 1.71. The van der Waals surface area contributed by atoms with Crippen molar-refractivity contribution in [2.24, 2.45) is 0 Å². The molecule has 2 aromatic rings. The Kier molecular flexibility index (Phi) is 3.40.